The van der Waals surface area contributed by atoms with Gasteiger partial charge in [0.2, 0.25) is 0 Å². The maximum absolute atomic E-state index is 12.1. The average Bonchev–Trinajstić information content (AvgIpc) is 3.01. The highest BCUT2D eigenvalue weighted by Crippen LogP contribution is 2.19. The number of nitrogens with zero attached hydrogens (tertiary/aromatic N) is 2. The van der Waals surface area contributed by atoms with Crippen LogP contribution in [0, 0.1) is 10.1 Å². The Bertz CT molecular complexity index is 919. The lowest BCUT2D eigenvalue weighted by Gasteiger charge is -2.05. The van der Waals surface area contributed by atoms with Crippen molar-refractivity contribution >= 4 is 22.6 Å². The minimum atomic E-state index is -0.468. The summed E-state index contributed by atoms with van der Waals surface area (Å²) < 4.78 is 5.08. The van der Waals surface area contributed by atoms with Crippen molar-refractivity contribution in [1.29, 1.82) is 0 Å². The number of hydrogen-bond donors (Lipinski definition) is 2. The largest absolute Gasteiger partial charge is 0.497 e. The molecule has 0 aliphatic rings. The number of rotatable bonds is 5. The zero-order valence-electron chi connectivity index (χ0n) is 12.8. The number of nitrogens with one attached hydrogen (secondary N) is 2. The highest BCUT2D eigenvalue weighted by molar-refractivity contribution is 5.94. The van der Waals surface area contributed by atoms with Crippen LogP contribution in [0.5, 0.6) is 5.75 Å². The molecule has 3 rings (SSSR count). The third-order valence-electron chi connectivity index (χ3n) is 3.47. The zero-order valence-corrected chi connectivity index (χ0v) is 12.8. The van der Waals surface area contributed by atoms with Gasteiger partial charge in [-0.05, 0) is 24.3 Å². The molecule has 0 radical (unpaired) electrons. The summed E-state index contributed by atoms with van der Waals surface area (Å²) >= 11 is 0. The van der Waals surface area contributed by atoms with E-state index in [0.717, 1.165) is 0 Å². The van der Waals surface area contributed by atoms with Crippen molar-refractivity contribution in [2.45, 2.75) is 6.54 Å². The van der Waals surface area contributed by atoms with Crippen LogP contribution in [0.15, 0.2) is 42.5 Å². The number of H-pyrrole nitrogens is 1. The summed E-state index contributed by atoms with van der Waals surface area (Å²) in [6, 6.07) is 11.2. The van der Waals surface area contributed by atoms with Crippen LogP contribution in [0.3, 0.4) is 0 Å². The third kappa shape index (κ3) is 3.17. The summed E-state index contributed by atoms with van der Waals surface area (Å²) in [5.74, 6) is 0.848. The summed E-state index contributed by atoms with van der Waals surface area (Å²) in [7, 11) is 1.53. The Morgan fingerprint density at radius 2 is 2.17 bits per heavy atom. The molecule has 0 bridgehead atoms. The molecular formula is C16H14N4O4. The Kier molecular flexibility index (Phi) is 4.11. The molecular weight excluding hydrogens is 312 g/mol. The van der Waals surface area contributed by atoms with E-state index in [4.69, 9.17) is 4.74 Å². The predicted molar refractivity (Wildman–Crippen MR) is 86.9 cm³/mol. The van der Waals surface area contributed by atoms with Crippen molar-refractivity contribution in [2.75, 3.05) is 7.11 Å². The van der Waals surface area contributed by atoms with E-state index in [9.17, 15) is 14.9 Å². The molecule has 0 aliphatic heterocycles. The van der Waals surface area contributed by atoms with Gasteiger partial charge in [0.25, 0.3) is 11.6 Å². The maximum Gasteiger partial charge on any atom is 0.271 e. The van der Waals surface area contributed by atoms with Crippen LogP contribution >= 0.6 is 0 Å². The molecule has 1 aromatic heterocycles. The molecule has 0 aliphatic carbocycles. The fourth-order valence-electron chi connectivity index (χ4n) is 2.28. The first-order chi connectivity index (χ1) is 11.6. The normalized spacial score (nSPS) is 10.5. The van der Waals surface area contributed by atoms with E-state index >= 15 is 0 Å². The average molecular weight is 326 g/mol. The molecule has 0 spiro atoms. The molecule has 2 aromatic carbocycles. The summed E-state index contributed by atoms with van der Waals surface area (Å²) in [4.78, 5) is 29.7. The standard InChI is InChI=1S/C16H14N4O4/c1-24-12-4-2-3-10(7-12)16(21)17-9-15-18-13-6-5-11(20(22)23)8-14(13)19-15/h2-8H,9H2,1H3,(H,17,21)(H,18,19). The van der Waals surface area contributed by atoms with Gasteiger partial charge in [0.1, 0.15) is 11.6 Å². The molecule has 2 N–H and O–H groups in total. The number of aromatic nitrogens is 2. The van der Waals surface area contributed by atoms with E-state index in [1.165, 1.54) is 19.2 Å². The molecule has 0 fully saturated rings. The van der Waals surface area contributed by atoms with Gasteiger partial charge in [0, 0.05) is 17.7 Å². The smallest absolute Gasteiger partial charge is 0.271 e. The number of methoxy groups -OCH3 is 1. The summed E-state index contributed by atoms with van der Waals surface area (Å²) in [5.41, 5.74) is 1.61. The lowest BCUT2D eigenvalue weighted by molar-refractivity contribution is -0.384. The second-order valence-electron chi connectivity index (χ2n) is 5.06. The van der Waals surface area contributed by atoms with E-state index < -0.39 is 4.92 Å². The van der Waals surface area contributed by atoms with Crippen LogP contribution in [0.4, 0.5) is 5.69 Å². The van der Waals surface area contributed by atoms with Crippen LogP contribution in [0.1, 0.15) is 16.2 Å². The van der Waals surface area contributed by atoms with Gasteiger partial charge in [-0.1, -0.05) is 6.07 Å². The Hall–Kier alpha value is -3.42. The first-order valence-corrected chi connectivity index (χ1v) is 7.12. The molecule has 24 heavy (non-hydrogen) atoms. The molecule has 0 saturated carbocycles. The minimum absolute atomic E-state index is 0.0156. The Morgan fingerprint density at radius 3 is 2.92 bits per heavy atom. The number of carbonyl (C=O) groups excluding carboxylic acids is 1. The number of non-ortho nitro benzene ring substituents is 1. The highest BCUT2D eigenvalue weighted by atomic mass is 16.6. The number of hydrogen-bond acceptors (Lipinski definition) is 5. The molecule has 0 unspecified atom stereocenters. The number of amides is 1. The van der Waals surface area contributed by atoms with Crippen molar-refractivity contribution in [2.24, 2.45) is 0 Å². The fourth-order valence-corrected chi connectivity index (χ4v) is 2.28. The number of nitro groups is 1. The Balaban J connectivity index is 1.73. The predicted octanol–water partition coefficient (Wildman–Crippen LogP) is 2.41. The van der Waals surface area contributed by atoms with Gasteiger partial charge < -0.3 is 15.0 Å². The van der Waals surface area contributed by atoms with E-state index in [1.54, 1.807) is 30.3 Å². The molecule has 8 nitrogen and oxygen atoms in total. The van der Waals surface area contributed by atoms with E-state index in [0.29, 0.717) is 28.2 Å². The number of benzene rings is 2. The topological polar surface area (TPSA) is 110 Å². The summed E-state index contributed by atoms with van der Waals surface area (Å²) in [5, 5.41) is 13.5. The first-order valence-electron chi connectivity index (χ1n) is 7.12. The second kappa shape index (κ2) is 6.37. The monoisotopic (exact) mass is 326 g/mol. The van der Waals surface area contributed by atoms with Crippen LogP contribution < -0.4 is 10.1 Å². The second-order valence-corrected chi connectivity index (χ2v) is 5.06. The quantitative estimate of drug-likeness (QED) is 0.552. The van der Waals surface area contributed by atoms with Crippen molar-refractivity contribution in [3.63, 3.8) is 0 Å². The zero-order chi connectivity index (χ0) is 17.1. The van der Waals surface area contributed by atoms with Crippen molar-refractivity contribution in [3.8, 4) is 5.75 Å². The Labute approximate surface area is 136 Å². The molecule has 8 heteroatoms. The number of nitro benzene ring substituents is 1. The van der Waals surface area contributed by atoms with Crippen molar-refractivity contribution in [1.82, 2.24) is 15.3 Å². The van der Waals surface area contributed by atoms with Gasteiger partial charge in [0.05, 0.1) is 29.6 Å². The molecule has 0 atom stereocenters. The third-order valence-corrected chi connectivity index (χ3v) is 3.47. The molecule has 122 valence electrons. The Morgan fingerprint density at radius 1 is 1.33 bits per heavy atom. The first kappa shape index (κ1) is 15.5. The van der Waals surface area contributed by atoms with Gasteiger partial charge in [-0.25, -0.2) is 4.98 Å². The molecule has 1 heterocycles. The van der Waals surface area contributed by atoms with E-state index in [2.05, 4.69) is 15.3 Å². The van der Waals surface area contributed by atoms with E-state index in [1.807, 2.05) is 0 Å². The SMILES string of the molecule is COc1cccc(C(=O)NCc2nc3ccc([N+](=O)[O-])cc3[nH]2)c1. The maximum atomic E-state index is 12.1. The van der Waals surface area contributed by atoms with E-state index in [-0.39, 0.29) is 18.1 Å². The summed E-state index contributed by atoms with van der Waals surface area (Å²) in [6.45, 7) is 0.179. The van der Waals surface area contributed by atoms with Gasteiger partial charge >= 0.3 is 0 Å². The van der Waals surface area contributed by atoms with Gasteiger partial charge in [0.15, 0.2) is 0 Å². The number of fused-ring (bicyclic) bond motifs is 1. The van der Waals surface area contributed by atoms with Gasteiger partial charge in [-0.2, -0.15) is 0 Å². The van der Waals surface area contributed by atoms with Crippen molar-refractivity contribution in [3.05, 3.63) is 64.0 Å². The van der Waals surface area contributed by atoms with Crippen LogP contribution in [0.25, 0.3) is 11.0 Å². The van der Waals surface area contributed by atoms with Crippen LogP contribution in [-0.2, 0) is 6.54 Å². The van der Waals surface area contributed by atoms with Crippen LogP contribution in [-0.4, -0.2) is 27.9 Å². The molecule has 1 amide bonds. The molecule has 3 aromatic rings. The number of imidazole rings is 1. The number of ether oxygens (including phenoxy) is 1. The number of carbonyl (C=O) groups is 1. The lowest BCUT2D eigenvalue weighted by atomic mass is 10.2. The highest BCUT2D eigenvalue weighted by Gasteiger charge is 2.11. The molecule has 0 saturated heterocycles. The number of aromatic amines is 1. The summed E-state index contributed by atoms with van der Waals surface area (Å²) in [6.07, 6.45) is 0. The fraction of sp³-hybridized carbons (Fsp3) is 0.125. The minimum Gasteiger partial charge on any atom is -0.497 e. The van der Waals surface area contributed by atoms with Gasteiger partial charge in [-0.3, -0.25) is 14.9 Å². The van der Waals surface area contributed by atoms with Gasteiger partial charge in [-0.15, -0.1) is 0 Å². The van der Waals surface area contributed by atoms with Crippen LogP contribution in [0.2, 0.25) is 0 Å². The lowest BCUT2D eigenvalue weighted by Crippen LogP contribution is -2.23. The van der Waals surface area contributed by atoms with Crippen molar-refractivity contribution < 1.29 is 14.5 Å².